The molecule has 0 saturated carbocycles. The van der Waals surface area contributed by atoms with Crippen molar-refractivity contribution in [3.05, 3.63) is 88.5 Å². The summed E-state index contributed by atoms with van der Waals surface area (Å²) in [4.78, 5) is 32.3. The standard InChI is InChI=1S/C35H44N4O5S/c1-6-38(7-2)34(40)27-13-16-32-31(23-27)30(33(36-32)28-21-24(3)20-25(4)22-28)17-19-39(35(41)42)18-9-8-10-26-11-14-29(15-12-26)37-45(5,43)44/h11-16,20-23,36-37H,6-10,17-19H2,1-5H3,(H,41,42). The third-order valence-corrected chi connectivity index (χ3v) is 8.62. The fourth-order valence-corrected chi connectivity index (χ4v) is 6.40. The Balaban J connectivity index is 1.52. The highest BCUT2D eigenvalue weighted by Gasteiger charge is 2.20. The van der Waals surface area contributed by atoms with Gasteiger partial charge in [0.2, 0.25) is 10.0 Å². The largest absolute Gasteiger partial charge is 0.465 e. The summed E-state index contributed by atoms with van der Waals surface area (Å²) in [5.41, 5.74) is 8.37. The van der Waals surface area contributed by atoms with Crippen molar-refractivity contribution >= 4 is 38.6 Å². The van der Waals surface area contributed by atoms with Crippen molar-refractivity contribution in [1.82, 2.24) is 14.8 Å². The molecule has 240 valence electrons. The van der Waals surface area contributed by atoms with E-state index < -0.39 is 16.1 Å². The molecule has 0 aliphatic heterocycles. The molecule has 9 nitrogen and oxygen atoms in total. The number of aryl methyl sites for hydroxylation is 3. The van der Waals surface area contributed by atoms with Crippen LogP contribution in [-0.2, 0) is 22.9 Å². The summed E-state index contributed by atoms with van der Waals surface area (Å²) in [7, 11) is -3.33. The molecule has 1 heterocycles. The Bertz CT molecular complexity index is 1740. The predicted molar refractivity (Wildman–Crippen MR) is 182 cm³/mol. The van der Waals surface area contributed by atoms with Gasteiger partial charge in [-0.15, -0.1) is 0 Å². The molecule has 0 unspecified atom stereocenters. The lowest BCUT2D eigenvalue weighted by Crippen LogP contribution is -2.32. The molecule has 0 radical (unpaired) electrons. The first-order chi connectivity index (χ1) is 21.4. The van der Waals surface area contributed by atoms with Crippen LogP contribution in [-0.4, -0.2) is 72.7 Å². The van der Waals surface area contributed by atoms with Crippen LogP contribution in [0.2, 0.25) is 0 Å². The quantitative estimate of drug-likeness (QED) is 0.131. The first kappa shape index (κ1) is 33.6. The molecule has 2 amide bonds. The molecule has 0 spiro atoms. The number of fused-ring (bicyclic) bond motifs is 1. The minimum Gasteiger partial charge on any atom is -0.465 e. The molecule has 0 aliphatic rings. The summed E-state index contributed by atoms with van der Waals surface area (Å²) in [6.07, 6.45) is 2.89. The van der Waals surface area contributed by atoms with Crippen molar-refractivity contribution in [1.29, 1.82) is 0 Å². The van der Waals surface area contributed by atoms with Crippen molar-refractivity contribution in [2.24, 2.45) is 0 Å². The molecule has 3 N–H and O–H groups in total. The van der Waals surface area contributed by atoms with E-state index in [9.17, 15) is 23.1 Å². The lowest BCUT2D eigenvalue weighted by molar-refractivity contribution is 0.0773. The number of unbranched alkanes of at least 4 members (excludes halogenated alkanes) is 1. The summed E-state index contributed by atoms with van der Waals surface area (Å²) in [5, 5.41) is 11.0. The van der Waals surface area contributed by atoms with Crippen molar-refractivity contribution in [3.8, 4) is 11.3 Å². The Morgan fingerprint density at radius 3 is 2.11 bits per heavy atom. The van der Waals surface area contributed by atoms with Crippen LogP contribution < -0.4 is 4.72 Å². The maximum Gasteiger partial charge on any atom is 0.407 e. The Morgan fingerprint density at radius 2 is 1.51 bits per heavy atom. The Morgan fingerprint density at radius 1 is 0.844 bits per heavy atom. The molecule has 0 saturated heterocycles. The van der Waals surface area contributed by atoms with Gasteiger partial charge in [-0.2, -0.15) is 0 Å². The molecule has 4 aromatic rings. The minimum atomic E-state index is -3.33. The molecule has 0 aliphatic carbocycles. The lowest BCUT2D eigenvalue weighted by Gasteiger charge is -2.20. The Kier molecular flexibility index (Phi) is 10.9. The number of sulfonamides is 1. The highest BCUT2D eigenvalue weighted by molar-refractivity contribution is 7.92. The van der Waals surface area contributed by atoms with E-state index in [4.69, 9.17) is 0 Å². The molecule has 0 bridgehead atoms. The zero-order valence-corrected chi connectivity index (χ0v) is 27.6. The topological polar surface area (TPSA) is 123 Å². The van der Waals surface area contributed by atoms with Gasteiger partial charge in [0.25, 0.3) is 5.91 Å². The maximum absolute atomic E-state index is 13.2. The monoisotopic (exact) mass is 632 g/mol. The van der Waals surface area contributed by atoms with Crippen LogP contribution in [0, 0.1) is 13.8 Å². The van der Waals surface area contributed by atoms with Gasteiger partial charge in [0.15, 0.2) is 0 Å². The number of H-pyrrole nitrogens is 1. The van der Waals surface area contributed by atoms with Gasteiger partial charge in [0.05, 0.1) is 6.26 Å². The maximum atomic E-state index is 13.2. The van der Waals surface area contributed by atoms with Crippen LogP contribution in [0.3, 0.4) is 0 Å². The molecular formula is C35H44N4O5S. The minimum absolute atomic E-state index is 0.0181. The highest BCUT2D eigenvalue weighted by Crippen LogP contribution is 2.33. The average Bonchev–Trinajstić information content (AvgIpc) is 3.34. The fraction of sp³-hybridized carbons (Fsp3) is 0.371. The van der Waals surface area contributed by atoms with Crippen molar-refractivity contribution < 1.29 is 23.1 Å². The van der Waals surface area contributed by atoms with Crippen LogP contribution in [0.5, 0.6) is 0 Å². The lowest BCUT2D eigenvalue weighted by atomic mass is 9.98. The van der Waals surface area contributed by atoms with Crippen LogP contribution in [0.25, 0.3) is 22.2 Å². The van der Waals surface area contributed by atoms with E-state index >= 15 is 0 Å². The molecular weight excluding hydrogens is 588 g/mol. The zero-order chi connectivity index (χ0) is 32.7. The summed E-state index contributed by atoms with van der Waals surface area (Å²) in [6.45, 7) is 10.0. The summed E-state index contributed by atoms with van der Waals surface area (Å²) >= 11 is 0. The number of amides is 2. The number of carbonyl (C=O) groups is 2. The number of nitrogens with zero attached hydrogens (tertiary/aromatic N) is 2. The van der Waals surface area contributed by atoms with Crippen molar-refractivity contribution in [2.45, 2.75) is 53.4 Å². The van der Waals surface area contributed by atoms with Crippen LogP contribution in [0.15, 0.2) is 60.7 Å². The summed E-state index contributed by atoms with van der Waals surface area (Å²) in [6, 6.07) is 19.3. The SMILES string of the molecule is CCN(CC)C(=O)c1ccc2[nH]c(-c3cc(C)cc(C)c3)c(CCN(CCCCc3ccc(NS(C)(=O)=O)cc3)C(=O)O)c2c1. The molecule has 1 aromatic heterocycles. The third kappa shape index (κ3) is 8.88. The molecule has 0 atom stereocenters. The predicted octanol–water partition coefficient (Wildman–Crippen LogP) is 6.85. The Labute approximate surface area is 266 Å². The highest BCUT2D eigenvalue weighted by atomic mass is 32.2. The van der Waals surface area contributed by atoms with E-state index in [-0.39, 0.29) is 5.91 Å². The van der Waals surface area contributed by atoms with E-state index in [1.54, 1.807) is 17.0 Å². The van der Waals surface area contributed by atoms with Gasteiger partial charge in [-0.25, -0.2) is 13.2 Å². The van der Waals surface area contributed by atoms with Gasteiger partial charge in [0.1, 0.15) is 0 Å². The van der Waals surface area contributed by atoms with E-state index in [1.807, 2.05) is 44.2 Å². The zero-order valence-electron chi connectivity index (χ0n) is 26.8. The van der Waals surface area contributed by atoms with Gasteiger partial charge < -0.3 is 19.9 Å². The number of anilines is 1. The normalized spacial score (nSPS) is 11.5. The van der Waals surface area contributed by atoms with Gasteiger partial charge in [-0.3, -0.25) is 9.52 Å². The average molecular weight is 633 g/mol. The number of carboxylic acid groups (broad SMARTS) is 1. The van der Waals surface area contributed by atoms with Gasteiger partial charge in [-0.05, 0) is 113 Å². The van der Waals surface area contributed by atoms with Crippen LogP contribution in [0.4, 0.5) is 10.5 Å². The number of carbonyl (C=O) groups excluding carboxylic acids is 1. The number of hydrogen-bond donors (Lipinski definition) is 3. The first-order valence-electron chi connectivity index (χ1n) is 15.5. The molecule has 0 fully saturated rings. The fourth-order valence-electron chi connectivity index (χ4n) is 5.83. The van der Waals surface area contributed by atoms with Crippen LogP contribution >= 0.6 is 0 Å². The van der Waals surface area contributed by atoms with Crippen molar-refractivity contribution in [3.63, 3.8) is 0 Å². The third-order valence-electron chi connectivity index (χ3n) is 8.02. The number of rotatable bonds is 14. The van der Waals surface area contributed by atoms with E-state index in [0.29, 0.717) is 50.3 Å². The number of hydrogen-bond acceptors (Lipinski definition) is 4. The molecule has 3 aromatic carbocycles. The number of nitrogens with one attached hydrogen (secondary N) is 2. The number of aromatic nitrogens is 1. The van der Waals surface area contributed by atoms with E-state index in [0.717, 1.165) is 63.5 Å². The van der Waals surface area contributed by atoms with Crippen LogP contribution in [0.1, 0.15) is 59.3 Å². The first-order valence-corrected chi connectivity index (χ1v) is 17.3. The number of benzene rings is 3. The van der Waals surface area contributed by atoms with Gasteiger partial charge in [0, 0.05) is 54.0 Å². The van der Waals surface area contributed by atoms with E-state index in [2.05, 4.69) is 41.8 Å². The molecule has 45 heavy (non-hydrogen) atoms. The summed E-state index contributed by atoms with van der Waals surface area (Å²) in [5.74, 6) is -0.0181. The number of aromatic amines is 1. The molecule has 10 heteroatoms. The second-order valence-corrected chi connectivity index (χ2v) is 13.4. The van der Waals surface area contributed by atoms with Gasteiger partial charge in [-0.1, -0.05) is 29.3 Å². The molecule has 4 rings (SSSR count). The van der Waals surface area contributed by atoms with E-state index in [1.165, 1.54) is 4.90 Å². The van der Waals surface area contributed by atoms with Gasteiger partial charge >= 0.3 is 6.09 Å². The Hall–Kier alpha value is -4.31. The summed E-state index contributed by atoms with van der Waals surface area (Å²) < 4.78 is 25.3. The second-order valence-electron chi connectivity index (χ2n) is 11.6. The van der Waals surface area contributed by atoms with Crippen molar-refractivity contribution in [2.75, 3.05) is 37.2 Å². The second kappa shape index (κ2) is 14.6. The smallest absolute Gasteiger partial charge is 0.407 e.